The van der Waals surface area contributed by atoms with E-state index >= 15 is 0 Å². The molecule has 0 bridgehead atoms. The second kappa shape index (κ2) is 3.08. The Labute approximate surface area is 74.5 Å². The van der Waals surface area contributed by atoms with Crippen LogP contribution in [0.2, 0.25) is 0 Å². The predicted octanol–water partition coefficient (Wildman–Crippen LogP) is 1.39. The van der Waals surface area contributed by atoms with Gasteiger partial charge in [-0.2, -0.15) is 0 Å². The molecule has 62 valence electrons. The van der Waals surface area contributed by atoms with Crippen molar-refractivity contribution in [2.45, 2.75) is 6.54 Å². The molecule has 4 heteroatoms. The molecule has 0 unspecified atom stereocenters. The smallest absolute Gasteiger partial charge is 0.127 e. The number of hydrogen-bond acceptors (Lipinski definition) is 3. The van der Waals surface area contributed by atoms with E-state index < -0.39 is 0 Å². The molecule has 2 N–H and O–H groups in total. The number of rotatable bonds is 2. The molecule has 0 fully saturated rings. The second-order valence-corrected chi connectivity index (χ2v) is 3.30. The Hall–Kier alpha value is -1.13. The van der Waals surface area contributed by atoms with Crippen molar-refractivity contribution >= 4 is 11.3 Å². The van der Waals surface area contributed by atoms with E-state index in [2.05, 4.69) is 4.98 Å². The zero-order valence-corrected chi connectivity index (χ0v) is 7.29. The summed E-state index contributed by atoms with van der Waals surface area (Å²) in [4.78, 5) is 4.14. The summed E-state index contributed by atoms with van der Waals surface area (Å²) in [7, 11) is 0. The van der Waals surface area contributed by atoms with Crippen molar-refractivity contribution in [2.24, 2.45) is 5.73 Å². The Morgan fingerprint density at radius 2 is 2.50 bits per heavy atom. The summed E-state index contributed by atoms with van der Waals surface area (Å²) in [5.41, 5.74) is 5.52. The Morgan fingerprint density at radius 3 is 3.17 bits per heavy atom. The number of nitrogens with two attached hydrogens (primary N) is 1. The quantitative estimate of drug-likeness (QED) is 0.757. The van der Waals surface area contributed by atoms with Gasteiger partial charge >= 0.3 is 0 Å². The first-order valence-corrected chi connectivity index (χ1v) is 4.56. The van der Waals surface area contributed by atoms with Crippen LogP contribution >= 0.6 is 11.3 Å². The van der Waals surface area contributed by atoms with Gasteiger partial charge in [-0.3, -0.25) is 4.57 Å². The summed E-state index contributed by atoms with van der Waals surface area (Å²) < 4.78 is 2.00. The zero-order valence-electron chi connectivity index (χ0n) is 6.47. The summed E-state index contributed by atoms with van der Waals surface area (Å²) in [6, 6.07) is 4.06. The second-order valence-electron chi connectivity index (χ2n) is 2.37. The average Bonchev–Trinajstić information content (AvgIpc) is 2.74. The molecule has 0 saturated carbocycles. The number of imidazole rings is 1. The largest absolute Gasteiger partial charge is 0.324 e. The van der Waals surface area contributed by atoms with Crippen LogP contribution < -0.4 is 5.73 Å². The van der Waals surface area contributed by atoms with Crippen molar-refractivity contribution in [1.82, 2.24) is 9.55 Å². The van der Waals surface area contributed by atoms with Gasteiger partial charge in [0, 0.05) is 12.4 Å². The van der Waals surface area contributed by atoms with Gasteiger partial charge in [-0.05, 0) is 17.5 Å². The SMILES string of the molecule is NCc1nccn1-c1cccs1. The maximum absolute atomic E-state index is 5.52. The minimum absolute atomic E-state index is 0.477. The van der Waals surface area contributed by atoms with Crippen LogP contribution in [0.4, 0.5) is 0 Å². The lowest BCUT2D eigenvalue weighted by atomic mass is 10.5. The standard InChI is InChI=1S/C8H9N3S/c9-6-7-10-3-4-11(7)8-2-1-5-12-8/h1-5H,6,9H2. The van der Waals surface area contributed by atoms with Gasteiger partial charge in [0.1, 0.15) is 10.8 Å². The highest BCUT2D eigenvalue weighted by atomic mass is 32.1. The van der Waals surface area contributed by atoms with Crippen LogP contribution in [-0.4, -0.2) is 9.55 Å². The van der Waals surface area contributed by atoms with E-state index in [-0.39, 0.29) is 0 Å². The molecule has 0 amide bonds. The van der Waals surface area contributed by atoms with Crippen molar-refractivity contribution in [3.63, 3.8) is 0 Å². The van der Waals surface area contributed by atoms with Crippen LogP contribution in [0.25, 0.3) is 5.00 Å². The van der Waals surface area contributed by atoms with Gasteiger partial charge < -0.3 is 5.73 Å². The number of hydrogen-bond donors (Lipinski definition) is 1. The fourth-order valence-corrected chi connectivity index (χ4v) is 1.83. The molecular formula is C8H9N3S. The highest BCUT2D eigenvalue weighted by Gasteiger charge is 2.02. The summed E-state index contributed by atoms with van der Waals surface area (Å²) in [6.07, 6.45) is 3.69. The van der Waals surface area contributed by atoms with Gasteiger partial charge in [-0.15, -0.1) is 11.3 Å². The molecule has 0 atom stereocenters. The van der Waals surface area contributed by atoms with Gasteiger partial charge in [0.2, 0.25) is 0 Å². The van der Waals surface area contributed by atoms with Crippen LogP contribution in [0.3, 0.4) is 0 Å². The van der Waals surface area contributed by atoms with E-state index in [1.807, 2.05) is 28.3 Å². The Morgan fingerprint density at radius 1 is 1.58 bits per heavy atom. The molecule has 0 aliphatic carbocycles. The molecule has 0 spiro atoms. The van der Waals surface area contributed by atoms with Gasteiger partial charge in [0.25, 0.3) is 0 Å². The minimum Gasteiger partial charge on any atom is -0.324 e. The number of nitrogens with zero attached hydrogens (tertiary/aromatic N) is 2. The minimum atomic E-state index is 0.477. The van der Waals surface area contributed by atoms with E-state index in [0.29, 0.717) is 6.54 Å². The van der Waals surface area contributed by atoms with Crippen molar-refractivity contribution in [3.05, 3.63) is 35.7 Å². The van der Waals surface area contributed by atoms with Crippen LogP contribution in [0.1, 0.15) is 5.82 Å². The highest BCUT2D eigenvalue weighted by molar-refractivity contribution is 7.12. The molecule has 3 nitrogen and oxygen atoms in total. The maximum Gasteiger partial charge on any atom is 0.127 e. The van der Waals surface area contributed by atoms with Crippen LogP contribution in [0, 0.1) is 0 Å². The Balaban J connectivity index is 2.46. The first-order valence-electron chi connectivity index (χ1n) is 3.68. The van der Waals surface area contributed by atoms with Crippen LogP contribution in [-0.2, 0) is 6.54 Å². The van der Waals surface area contributed by atoms with Gasteiger partial charge in [0.05, 0.1) is 6.54 Å². The van der Waals surface area contributed by atoms with Crippen LogP contribution in [0.15, 0.2) is 29.9 Å². The molecule has 12 heavy (non-hydrogen) atoms. The summed E-state index contributed by atoms with van der Waals surface area (Å²) >= 11 is 1.68. The monoisotopic (exact) mass is 179 g/mol. The van der Waals surface area contributed by atoms with Crippen molar-refractivity contribution < 1.29 is 0 Å². The van der Waals surface area contributed by atoms with Crippen LogP contribution in [0.5, 0.6) is 0 Å². The normalized spacial score (nSPS) is 10.4. The first kappa shape index (κ1) is 7.52. The first-order chi connectivity index (χ1) is 5.92. The van der Waals surface area contributed by atoms with E-state index in [9.17, 15) is 0 Å². The maximum atomic E-state index is 5.52. The lowest BCUT2D eigenvalue weighted by Gasteiger charge is -2.00. The molecule has 2 heterocycles. The van der Waals surface area contributed by atoms with Crippen molar-refractivity contribution in [1.29, 1.82) is 0 Å². The Bertz CT molecular complexity index is 350. The molecule has 0 aliphatic rings. The fourth-order valence-electron chi connectivity index (χ4n) is 1.09. The van der Waals surface area contributed by atoms with E-state index in [1.165, 1.54) is 0 Å². The van der Waals surface area contributed by atoms with Crippen molar-refractivity contribution in [2.75, 3.05) is 0 Å². The van der Waals surface area contributed by atoms with Gasteiger partial charge in [0.15, 0.2) is 0 Å². The molecule has 0 radical (unpaired) electrons. The van der Waals surface area contributed by atoms with Gasteiger partial charge in [-0.25, -0.2) is 4.98 Å². The summed E-state index contributed by atoms with van der Waals surface area (Å²) in [5.74, 6) is 0.900. The molecule has 0 aliphatic heterocycles. The van der Waals surface area contributed by atoms with Crippen molar-refractivity contribution in [3.8, 4) is 5.00 Å². The molecule has 2 aromatic rings. The number of thiophene rings is 1. The number of aromatic nitrogens is 2. The molecule has 2 aromatic heterocycles. The van der Waals surface area contributed by atoms with E-state index in [0.717, 1.165) is 10.8 Å². The van der Waals surface area contributed by atoms with E-state index in [4.69, 9.17) is 5.73 Å². The third-order valence-electron chi connectivity index (χ3n) is 1.64. The fraction of sp³-hybridized carbons (Fsp3) is 0.125. The van der Waals surface area contributed by atoms with E-state index in [1.54, 1.807) is 17.5 Å². The average molecular weight is 179 g/mol. The molecule has 0 aromatic carbocycles. The Kier molecular flexibility index (Phi) is 1.93. The third-order valence-corrected chi connectivity index (χ3v) is 2.51. The van der Waals surface area contributed by atoms with Gasteiger partial charge in [-0.1, -0.05) is 0 Å². The third kappa shape index (κ3) is 1.15. The molecular weight excluding hydrogens is 170 g/mol. The molecule has 2 rings (SSSR count). The highest BCUT2D eigenvalue weighted by Crippen LogP contribution is 2.15. The summed E-state index contributed by atoms with van der Waals surface area (Å²) in [5, 5.41) is 3.20. The molecule has 0 saturated heterocycles. The predicted molar refractivity (Wildman–Crippen MR) is 49.3 cm³/mol. The lowest BCUT2D eigenvalue weighted by molar-refractivity contribution is 0.877. The lowest BCUT2D eigenvalue weighted by Crippen LogP contribution is -2.04. The zero-order chi connectivity index (χ0) is 8.39. The topological polar surface area (TPSA) is 43.8 Å². The summed E-state index contributed by atoms with van der Waals surface area (Å²) in [6.45, 7) is 0.477.